The first-order valence-corrected chi connectivity index (χ1v) is 9.55. The van der Waals surface area contributed by atoms with E-state index in [2.05, 4.69) is 36.5 Å². The molecule has 0 saturated carbocycles. The van der Waals surface area contributed by atoms with Crippen LogP contribution in [-0.2, 0) is 11.3 Å². The van der Waals surface area contributed by atoms with E-state index in [1.54, 1.807) is 13.8 Å². The first-order valence-electron chi connectivity index (χ1n) is 9.55. The lowest BCUT2D eigenvalue weighted by atomic mass is 9.71. The number of nitrogens with one attached hydrogen (secondary N) is 1. The Bertz CT molecular complexity index is 913. The Hall–Kier alpha value is -3.07. The summed E-state index contributed by atoms with van der Waals surface area (Å²) in [7, 11) is 0. The van der Waals surface area contributed by atoms with Crippen LogP contribution in [0, 0.1) is 12.3 Å². The first-order chi connectivity index (χ1) is 13.4. The van der Waals surface area contributed by atoms with E-state index in [1.165, 1.54) is 11.1 Å². The third kappa shape index (κ3) is 4.42. The second-order valence-electron chi connectivity index (χ2n) is 7.83. The average molecular weight is 373 g/mol. The number of hydrogen-bond donors (Lipinski definition) is 2. The minimum atomic E-state index is -0.918. The van der Waals surface area contributed by atoms with Crippen LogP contribution < -0.4 is 5.32 Å². The molecule has 1 unspecified atom stereocenters. The molecule has 0 radical (unpaired) electrons. The molecule has 3 rings (SSSR count). The summed E-state index contributed by atoms with van der Waals surface area (Å²) in [5.74, 6) is -1.03. The number of hydrogen-bond acceptors (Lipinski definition) is 2. The Morgan fingerprint density at radius 2 is 1.46 bits per heavy atom. The van der Waals surface area contributed by atoms with E-state index in [0.717, 1.165) is 23.4 Å². The predicted octanol–water partition coefficient (Wildman–Crippen LogP) is 5.85. The van der Waals surface area contributed by atoms with Gasteiger partial charge in [0.1, 0.15) is 0 Å². The molecule has 2 N–H and O–H groups in total. The lowest BCUT2D eigenvalue weighted by molar-refractivity contribution is -0.147. The van der Waals surface area contributed by atoms with E-state index in [1.807, 2.05) is 54.6 Å². The highest BCUT2D eigenvalue weighted by Crippen LogP contribution is 2.41. The quantitative estimate of drug-likeness (QED) is 0.546. The average Bonchev–Trinajstić information content (AvgIpc) is 2.69. The van der Waals surface area contributed by atoms with Crippen LogP contribution in [0.1, 0.15) is 42.0 Å². The van der Waals surface area contributed by atoms with Crippen molar-refractivity contribution in [3.63, 3.8) is 0 Å². The van der Waals surface area contributed by atoms with Crippen LogP contribution in [-0.4, -0.2) is 11.1 Å². The fourth-order valence-corrected chi connectivity index (χ4v) is 3.50. The molecule has 3 aromatic rings. The van der Waals surface area contributed by atoms with Gasteiger partial charge in [-0.1, -0.05) is 72.3 Å². The Labute approximate surface area is 167 Å². The van der Waals surface area contributed by atoms with Crippen molar-refractivity contribution in [3.8, 4) is 0 Å². The topological polar surface area (TPSA) is 49.3 Å². The first kappa shape index (κ1) is 19.7. The van der Waals surface area contributed by atoms with Crippen LogP contribution >= 0.6 is 0 Å². The van der Waals surface area contributed by atoms with Crippen LogP contribution in [0.15, 0.2) is 78.9 Å². The molecule has 0 aliphatic rings. The van der Waals surface area contributed by atoms with Crippen molar-refractivity contribution in [3.05, 3.63) is 101 Å². The molecule has 0 aliphatic carbocycles. The molecule has 144 valence electrons. The van der Waals surface area contributed by atoms with E-state index >= 15 is 0 Å². The fourth-order valence-electron chi connectivity index (χ4n) is 3.50. The summed E-state index contributed by atoms with van der Waals surface area (Å²) in [5, 5.41) is 13.2. The van der Waals surface area contributed by atoms with Gasteiger partial charge in [0.25, 0.3) is 0 Å². The van der Waals surface area contributed by atoms with Gasteiger partial charge in [-0.2, -0.15) is 0 Å². The van der Waals surface area contributed by atoms with Gasteiger partial charge in [0.2, 0.25) is 0 Å². The molecule has 0 fully saturated rings. The molecule has 3 aromatic carbocycles. The second kappa shape index (κ2) is 8.30. The molecule has 1 atom stereocenters. The van der Waals surface area contributed by atoms with Crippen LogP contribution in [0.2, 0.25) is 0 Å². The zero-order valence-electron chi connectivity index (χ0n) is 16.6. The van der Waals surface area contributed by atoms with E-state index in [0.29, 0.717) is 0 Å². The highest BCUT2D eigenvalue weighted by atomic mass is 16.4. The Kier molecular flexibility index (Phi) is 5.84. The van der Waals surface area contributed by atoms with Gasteiger partial charge in [-0.25, -0.2) is 0 Å². The van der Waals surface area contributed by atoms with Crippen LogP contribution in [0.4, 0.5) is 5.69 Å². The zero-order valence-corrected chi connectivity index (χ0v) is 16.6. The Balaban J connectivity index is 1.82. The van der Waals surface area contributed by atoms with Gasteiger partial charge in [-0.3, -0.25) is 4.79 Å². The van der Waals surface area contributed by atoms with E-state index in [9.17, 15) is 9.90 Å². The lowest BCUT2D eigenvalue weighted by Crippen LogP contribution is -2.32. The highest BCUT2D eigenvalue weighted by molar-refractivity contribution is 5.76. The molecule has 0 saturated heterocycles. The third-order valence-electron chi connectivity index (χ3n) is 5.27. The van der Waals surface area contributed by atoms with Gasteiger partial charge in [0.15, 0.2) is 0 Å². The van der Waals surface area contributed by atoms with Gasteiger partial charge in [0, 0.05) is 18.2 Å². The van der Waals surface area contributed by atoms with Crippen LogP contribution in [0.5, 0.6) is 0 Å². The molecular weight excluding hydrogens is 346 g/mol. The van der Waals surface area contributed by atoms with E-state index in [-0.39, 0.29) is 5.92 Å². The zero-order chi connectivity index (χ0) is 20.1. The number of benzene rings is 3. The van der Waals surface area contributed by atoms with Gasteiger partial charge in [-0.05, 0) is 49.6 Å². The van der Waals surface area contributed by atoms with Gasteiger partial charge in [0.05, 0.1) is 5.41 Å². The maximum absolute atomic E-state index is 11.9. The fraction of sp³-hybridized carbons (Fsp3) is 0.240. The third-order valence-corrected chi connectivity index (χ3v) is 5.27. The predicted molar refractivity (Wildman–Crippen MR) is 115 cm³/mol. The molecule has 0 amide bonds. The summed E-state index contributed by atoms with van der Waals surface area (Å²) in [4.78, 5) is 11.9. The Morgan fingerprint density at radius 3 is 2.04 bits per heavy atom. The van der Waals surface area contributed by atoms with Crippen molar-refractivity contribution in [1.29, 1.82) is 0 Å². The lowest BCUT2D eigenvalue weighted by Gasteiger charge is -2.31. The number of carboxylic acid groups (broad SMARTS) is 1. The van der Waals surface area contributed by atoms with Gasteiger partial charge >= 0.3 is 5.97 Å². The molecule has 0 spiro atoms. The maximum atomic E-state index is 11.9. The molecule has 0 aromatic heterocycles. The largest absolute Gasteiger partial charge is 0.481 e. The molecule has 0 aliphatic heterocycles. The molecule has 0 heterocycles. The van der Waals surface area contributed by atoms with Crippen molar-refractivity contribution < 1.29 is 9.90 Å². The maximum Gasteiger partial charge on any atom is 0.310 e. The van der Waals surface area contributed by atoms with E-state index in [4.69, 9.17) is 0 Å². The summed E-state index contributed by atoms with van der Waals surface area (Å²) < 4.78 is 0. The monoisotopic (exact) mass is 373 g/mol. The number of aryl methyl sites for hydroxylation is 1. The standard InChI is InChI=1S/C25H27NO2/c1-18-9-11-19(12-10-18)17-26-22-15-13-21(14-16-22)23(25(2,3)24(27)28)20-7-5-4-6-8-20/h4-16,23,26H,17H2,1-3H3,(H,27,28). The van der Waals surface area contributed by atoms with Crippen molar-refractivity contribution in [2.75, 3.05) is 5.32 Å². The number of aliphatic carboxylic acids is 1. The minimum Gasteiger partial charge on any atom is -0.481 e. The van der Waals surface area contributed by atoms with Crippen LogP contribution in [0.3, 0.4) is 0 Å². The number of rotatable bonds is 7. The number of carbonyl (C=O) groups is 1. The molecular formula is C25H27NO2. The van der Waals surface area contributed by atoms with Crippen molar-refractivity contribution >= 4 is 11.7 Å². The van der Waals surface area contributed by atoms with Gasteiger partial charge < -0.3 is 10.4 Å². The minimum absolute atomic E-state index is 0.225. The number of anilines is 1. The summed E-state index contributed by atoms with van der Waals surface area (Å²) in [5.41, 5.74) is 4.59. The molecule has 3 heteroatoms. The Morgan fingerprint density at radius 1 is 0.893 bits per heavy atom. The highest BCUT2D eigenvalue weighted by Gasteiger charge is 2.38. The smallest absolute Gasteiger partial charge is 0.310 e. The normalized spacial score (nSPS) is 12.4. The molecule has 28 heavy (non-hydrogen) atoms. The van der Waals surface area contributed by atoms with Crippen molar-refractivity contribution in [2.45, 2.75) is 33.2 Å². The summed E-state index contributed by atoms with van der Waals surface area (Å²) in [6.07, 6.45) is 0. The van der Waals surface area contributed by atoms with Crippen LogP contribution in [0.25, 0.3) is 0 Å². The summed E-state index contributed by atoms with van der Waals surface area (Å²) in [6, 6.07) is 26.4. The van der Waals surface area contributed by atoms with Crippen molar-refractivity contribution in [2.24, 2.45) is 5.41 Å². The summed E-state index contributed by atoms with van der Waals surface area (Å²) >= 11 is 0. The molecule has 0 bridgehead atoms. The van der Waals surface area contributed by atoms with Gasteiger partial charge in [-0.15, -0.1) is 0 Å². The molecule has 3 nitrogen and oxygen atoms in total. The number of carboxylic acids is 1. The van der Waals surface area contributed by atoms with E-state index < -0.39 is 11.4 Å². The van der Waals surface area contributed by atoms with Crippen molar-refractivity contribution in [1.82, 2.24) is 0 Å². The summed E-state index contributed by atoms with van der Waals surface area (Å²) in [6.45, 7) is 6.41. The SMILES string of the molecule is Cc1ccc(CNc2ccc(C(c3ccccc3)C(C)(C)C(=O)O)cc2)cc1. The second-order valence-corrected chi connectivity index (χ2v) is 7.83.